The van der Waals surface area contributed by atoms with E-state index in [9.17, 15) is 9.90 Å². The van der Waals surface area contributed by atoms with Crippen LogP contribution < -0.4 is 15.4 Å². The van der Waals surface area contributed by atoms with Crippen LogP contribution >= 0.6 is 0 Å². The summed E-state index contributed by atoms with van der Waals surface area (Å²) >= 11 is 0. The van der Waals surface area contributed by atoms with Gasteiger partial charge in [-0.15, -0.1) is 0 Å². The Bertz CT molecular complexity index is 474. The minimum Gasteiger partial charge on any atom is -0.497 e. The molecular formula is C14H20N2O3. The monoisotopic (exact) mass is 264 g/mol. The normalized spacial score (nSPS) is 17.6. The quantitative estimate of drug-likeness (QED) is 0.810. The van der Waals surface area contributed by atoms with Crippen molar-refractivity contribution in [3.63, 3.8) is 0 Å². The van der Waals surface area contributed by atoms with Crippen LogP contribution in [-0.2, 0) is 4.79 Å². The molecule has 0 saturated heterocycles. The molecule has 1 aliphatic carbocycles. The van der Waals surface area contributed by atoms with E-state index in [2.05, 4.69) is 0 Å². The molecule has 1 aromatic rings. The smallest absolute Gasteiger partial charge is 0.325 e. The summed E-state index contributed by atoms with van der Waals surface area (Å²) in [5, 5.41) is 9.36. The van der Waals surface area contributed by atoms with E-state index >= 15 is 0 Å². The number of carbonyl (C=O) groups is 1. The second-order valence-corrected chi connectivity index (χ2v) is 5.18. The number of rotatable bonds is 6. The first-order valence-corrected chi connectivity index (χ1v) is 6.35. The van der Waals surface area contributed by atoms with Gasteiger partial charge in [0.05, 0.1) is 7.11 Å². The average molecular weight is 264 g/mol. The van der Waals surface area contributed by atoms with E-state index in [0.29, 0.717) is 6.54 Å². The van der Waals surface area contributed by atoms with Gasteiger partial charge in [-0.1, -0.05) is 6.07 Å². The number of aliphatic carboxylic acids is 1. The van der Waals surface area contributed by atoms with E-state index in [1.807, 2.05) is 36.2 Å². The fraction of sp³-hybridized carbons (Fsp3) is 0.500. The van der Waals surface area contributed by atoms with Crippen LogP contribution in [-0.4, -0.2) is 37.3 Å². The van der Waals surface area contributed by atoms with Crippen LogP contribution in [0.5, 0.6) is 5.75 Å². The molecule has 0 aliphatic heterocycles. The largest absolute Gasteiger partial charge is 0.497 e. The van der Waals surface area contributed by atoms with E-state index in [1.54, 1.807) is 7.11 Å². The number of hydrogen-bond acceptors (Lipinski definition) is 4. The van der Waals surface area contributed by atoms with Gasteiger partial charge in [0.1, 0.15) is 11.3 Å². The summed E-state index contributed by atoms with van der Waals surface area (Å²) in [6.45, 7) is 0.292. The predicted octanol–water partition coefficient (Wildman–Crippen LogP) is 1.32. The Morgan fingerprint density at radius 2 is 2.26 bits per heavy atom. The molecule has 19 heavy (non-hydrogen) atoms. The van der Waals surface area contributed by atoms with Gasteiger partial charge in [-0.2, -0.15) is 0 Å². The highest BCUT2D eigenvalue weighted by atomic mass is 16.5. The van der Waals surface area contributed by atoms with Gasteiger partial charge in [-0.25, -0.2) is 0 Å². The molecule has 3 N–H and O–H groups in total. The molecule has 104 valence electrons. The van der Waals surface area contributed by atoms with E-state index in [1.165, 1.54) is 0 Å². The Morgan fingerprint density at radius 1 is 1.58 bits per heavy atom. The third-order valence-electron chi connectivity index (χ3n) is 3.70. The molecule has 1 saturated carbocycles. The topological polar surface area (TPSA) is 75.8 Å². The molecule has 0 heterocycles. The highest BCUT2D eigenvalue weighted by molar-refractivity contribution is 5.80. The van der Waals surface area contributed by atoms with Gasteiger partial charge >= 0.3 is 5.97 Å². The van der Waals surface area contributed by atoms with Crippen LogP contribution in [0.2, 0.25) is 0 Å². The lowest BCUT2D eigenvalue weighted by Gasteiger charge is -2.31. The first kappa shape index (κ1) is 13.7. The summed E-state index contributed by atoms with van der Waals surface area (Å²) in [7, 11) is 3.45. The third-order valence-corrected chi connectivity index (χ3v) is 3.70. The molecule has 0 aromatic heterocycles. The molecule has 5 heteroatoms. The van der Waals surface area contributed by atoms with Crippen LogP contribution in [0.15, 0.2) is 24.3 Å². The van der Waals surface area contributed by atoms with E-state index in [4.69, 9.17) is 10.5 Å². The highest BCUT2D eigenvalue weighted by Crippen LogP contribution is 2.39. The maximum atomic E-state index is 11.4. The molecule has 5 nitrogen and oxygen atoms in total. The van der Waals surface area contributed by atoms with Gasteiger partial charge in [0.15, 0.2) is 0 Å². The molecule has 1 aliphatic rings. The molecule has 0 amide bonds. The van der Waals surface area contributed by atoms with Crippen molar-refractivity contribution >= 4 is 11.7 Å². The molecule has 0 spiro atoms. The number of carboxylic acids is 1. The Morgan fingerprint density at radius 3 is 2.79 bits per heavy atom. The average Bonchev–Trinajstić information content (AvgIpc) is 3.23. The van der Waals surface area contributed by atoms with Crippen LogP contribution in [0.25, 0.3) is 0 Å². The number of ether oxygens (including phenoxy) is 1. The Kier molecular flexibility index (Phi) is 3.66. The number of anilines is 1. The van der Waals surface area contributed by atoms with Crippen molar-refractivity contribution in [3.05, 3.63) is 24.3 Å². The number of hydrogen-bond donors (Lipinski definition) is 2. The second kappa shape index (κ2) is 5.09. The molecule has 0 radical (unpaired) electrons. The summed E-state index contributed by atoms with van der Waals surface area (Å²) in [4.78, 5) is 13.3. The van der Waals surface area contributed by atoms with E-state index < -0.39 is 11.5 Å². The summed E-state index contributed by atoms with van der Waals surface area (Å²) in [5.41, 5.74) is 5.81. The summed E-state index contributed by atoms with van der Waals surface area (Å²) in [5.74, 6) is -0.100. The number of nitrogens with zero attached hydrogens (tertiary/aromatic N) is 1. The number of likely N-dealkylation sites (N-methyl/N-ethyl adjacent to an activating group) is 1. The third kappa shape index (κ3) is 2.81. The SMILES string of the molecule is COc1cccc(N(C)CC(N)(C(=O)O)C2CC2)c1. The molecular weight excluding hydrogens is 244 g/mol. The van der Waals surface area contributed by atoms with Crippen molar-refractivity contribution in [2.75, 3.05) is 25.6 Å². The first-order chi connectivity index (χ1) is 8.97. The fourth-order valence-corrected chi connectivity index (χ4v) is 2.30. The maximum absolute atomic E-state index is 11.4. The Hall–Kier alpha value is -1.75. The van der Waals surface area contributed by atoms with Crippen molar-refractivity contribution in [2.24, 2.45) is 11.7 Å². The molecule has 1 fully saturated rings. The van der Waals surface area contributed by atoms with Crippen LogP contribution in [0.3, 0.4) is 0 Å². The minimum atomic E-state index is -1.17. The highest BCUT2D eigenvalue weighted by Gasteiger charge is 2.48. The molecule has 2 rings (SSSR count). The van der Waals surface area contributed by atoms with Crippen LogP contribution in [0, 0.1) is 5.92 Å². The van der Waals surface area contributed by atoms with Gasteiger partial charge in [-0.05, 0) is 30.9 Å². The van der Waals surface area contributed by atoms with Gasteiger partial charge in [0.2, 0.25) is 0 Å². The van der Waals surface area contributed by atoms with E-state index in [0.717, 1.165) is 24.3 Å². The second-order valence-electron chi connectivity index (χ2n) is 5.18. The molecule has 1 aromatic carbocycles. The summed E-state index contributed by atoms with van der Waals surface area (Å²) in [6.07, 6.45) is 1.80. The van der Waals surface area contributed by atoms with Crippen molar-refractivity contribution in [1.29, 1.82) is 0 Å². The summed E-state index contributed by atoms with van der Waals surface area (Å²) < 4.78 is 5.17. The minimum absolute atomic E-state index is 0.0815. The maximum Gasteiger partial charge on any atom is 0.325 e. The molecule has 1 atom stereocenters. The van der Waals surface area contributed by atoms with Crippen molar-refractivity contribution < 1.29 is 14.6 Å². The van der Waals surface area contributed by atoms with Crippen LogP contribution in [0.4, 0.5) is 5.69 Å². The van der Waals surface area contributed by atoms with Gasteiger partial charge < -0.3 is 20.5 Å². The first-order valence-electron chi connectivity index (χ1n) is 6.35. The van der Waals surface area contributed by atoms with Gasteiger partial charge in [0, 0.05) is 25.3 Å². The zero-order valence-corrected chi connectivity index (χ0v) is 11.3. The Balaban J connectivity index is 2.14. The lowest BCUT2D eigenvalue weighted by atomic mass is 9.94. The van der Waals surface area contributed by atoms with Crippen molar-refractivity contribution in [2.45, 2.75) is 18.4 Å². The van der Waals surface area contributed by atoms with Crippen molar-refractivity contribution in [3.8, 4) is 5.75 Å². The zero-order chi connectivity index (χ0) is 14.0. The van der Waals surface area contributed by atoms with Crippen LogP contribution in [0.1, 0.15) is 12.8 Å². The predicted molar refractivity (Wildman–Crippen MR) is 73.5 cm³/mol. The number of carboxylic acid groups (broad SMARTS) is 1. The summed E-state index contributed by atoms with van der Waals surface area (Å²) in [6, 6.07) is 7.51. The Labute approximate surface area is 113 Å². The lowest BCUT2D eigenvalue weighted by Crippen LogP contribution is -2.57. The van der Waals surface area contributed by atoms with E-state index in [-0.39, 0.29) is 5.92 Å². The fourth-order valence-electron chi connectivity index (χ4n) is 2.30. The lowest BCUT2D eigenvalue weighted by molar-refractivity contribution is -0.143. The van der Waals surface area contributed by atoms with Crippen molar-refractivity contribution in [1.82, 2.24) is 0 Å². The zero-order valence-electron chi connectivity index (χ0n) is 11.3. The molecule has 0 bridgehead atoms. The van der Waals surface area contributed by atoms with Gasteiger partial charge in [-0.3, -0.25) is 4.79 Å². The number of benzene rings is 1. The molecule has 1 unspecified atom stereocenters. The standard InChI is InChI=1S/C14H20N2O3/c1-16(11-4-3-5-12(8-11)19-2)9-14(15,13(17)18)10-6-7-10/h3-5,8,10H,6-7,9,15H2,1-2H3,(H,17,18). The number of nitrogens with two attached hydrogens (primary N) is 1. The number of methoxy groups -OCH3 is 1. The van der Waals surface area contributed by atoms with Gasteiger partial charge in [0.25, 0.3) is 0 Å².